The third kappa shape index (κ3) is 2.30. The van der Waals surface area contributed by atoms with Crippen LogP contribution < -0.4 is 14.8 Å². The number of ether oxygens (including phenoxy) is 2. The normalized spacial score (nSPS) is 16.1. The van der Waals surface area contributed by atoms with Gasteiger partial charge in [-0.1, -0.05) is 18.2 Å². The summed E-state index contributed by atoms with van der Waals surface area (Å²) in [5, 5.41) is 2.74. The highest BCUT2D eigenvalue weighted by atomic mass is 16.5. The number of carbonyl (C=O) groups excluding carboxylic acids is 1. The number of hydrogen-bond acceptors (Lipinski definition) is 4. The molecule has 0 saturated heterocycles. The number of amides is 1. The molecule has 1 atom stereocenters. The van der Waals surface area contributed by atoms with Crippen LogP contribution in [0.4, 0.5) is 5.82 Å². The average Bonchev–Trinajstić information content (AvgIpc) is 2.92. The van der Waals surface area contributed by atoms with Crippen molar-refractivity contribution in [3.63, 3.8) is 0 Å². The van der Waals surface area contributed by atoms with E-state index in [4.69, 9.17) is 9.47 Å². The molecule has 3 rings (SSSR count). The van der Waals surface area contributed by atoms with Crippen LogP contribution in [0.25, 0.3) is 0 Å². The number of carbonyl (C=O) groups is 1. The molecule has 5 heteroatoms. The van der Waals surface area contributed by atoms with Crippen molar-refractivity contribution in [2.45, 2.75) is 12.5 Å². The SMILES string of the molecule is COc1cccnc1NC(=O)[C@@H]1Cc2ccccc2O1. The van der Waals surface area contributed by atoms with Crippen LogP contribution in [0.5, 0.6) is 11.5 Å². The monoisotopic (exact) mass is 270 g/mol. The fourth-order valence-electron chi connectivity index (χ4n) is 2.17. The van der Waals surface area contributed by atoms with Crippen molar-refractivity contribution >= 4 is 11.7 Å². The van der Waals surface area contributed by atoms with E-state index >= 15 is 0 Å². The van der Waals surface area contributed by atoms with Crippen molar-refractivity contribution in [3.05, 3.63) is 48.2 Å². The van der Waals surface area contributed by atoms with Gasteiger partial charge in [-0.3, -0.25) is 4.79 Å². The number of aromatic nitrogens is 1. The maximum atomic E-state index is 12.2. The minimum absolute atomic E-state index is 0.224. The van der Waals surface area contributed by atoms with Gasteiger partial charge in [-0.05, 0) is 23.8 Å². The number of nitrogens with one attached hydrogen (secondary N) is 1. The molecule has 1 N–H and O–H groups in total. The van der Waals surface area contributed by atoms with E-state index in [1.165, 1.54) is 7.11 Å². The minimum Gasteiger partial charge on any atom is -0.493 e. The van der Waals surface area contributed by atoms with Gasteiger partial charge in [-0.15, -0.1) is 0 Å². The summed E-state index contributed by atoms with van der Waals surface area (Å²) in [6.07, 6.45) is 1.64. The van der Waals surface area contributed by atoms with E-state index in [0.717, 1.165) is 11.3 Å². The van der Waals surface area contributed by atoms with Gasteiger partial charge in [-0.2, -0.15) is 0 Å². The molecule has 0 spiro atoms. The number of anilines is 1. The number of rotatable bonds is 3. The van der Waals surface area contributed by atoms with Crippen LogP contribution in [0.3, 0.4) is 0 Å². The van der Waals surface area contributed by atoms with Crippen molar-refractivity contribution in [1.82, 2.24) is 4.98 Å². The van der Waals surface area contributed by atoms with Gasteiger partial charge in [0, 0.05) is 12.6 Å². The number of fused-ring (bicyclic) bond motifs is 1. The van der Waals surface area contributed by atoms with Gasteiger partial charge in [0.1, 0.15) is 5.75 Å². The summed E-state index contributed by atoms with van der Waals surface area (Å²) in [7, 11) is 1.54. The molecular formula is C15H14N2O3. The quantitative estimate of drug-likeness (QED) is 0.927. The Hall–Kier alpha value is -2.56. The lowest BCUT2D eigenvalue weighted by atomic mass is 10.1. The van der Waals surface area contributed by atoms with Gasteiger partial charge in [0.05, 0.1) is 7.11 Å². The first kappa shape index (κ1) is 12.5. The summed E-state index contributed by atoms with van der Waals surface area (Å²) >= 11 is 0. The predicted octanol–water partition coefficient (Wildman–Crippen LogP) is 2.03. The van der Waals surface area contributed by atoms with Gasteiger partial charge >= 0.3 is 0 Å². The molecule has 0 radical (unpaired) electrons. The first-order valence-corrected chi connectivity index (χ1v) is 6.32. The molecule has 0 bridgehead atoms. The molecule has 1 amide bonds. The molecule has 0 unspecified atom stereocenters. The van der Waals surface area contributed by atoms with E-state index in [2.05, 4.69) is 10.3 Å². The molecule has 2 aromatic rings. The van der Waals surface area contributed by atoms with Gasteiger partial charge < -0.3 is 14.8 Å². The van der Waals surface area contributed by atoms with E-state index in [0.29, 0.717) is 18.0 Å². The van der Waals surface area contributed by atoms with Crippen LogP contribution in [0.1, 0.15) is 5.56 Å². The zero-order valence-electron chi connectivity index (χ0n) is 11.0. The largest absolute Gasteiger partial charge is 0.493 e. The van der Waals surface area contributed by atoms with Crippen molar-refractivity contribution in [2.24, 2.45) is 0 Å². The Kier molecular flexibility index (Phi) is 3.25. The average molecular weight is 270 g/mol. The van der Waals surface area contributed by atoms with E-state index in [1.54, 1.807) is 18.3 Å². The Labute approximate surface area is 116 Å². The topological polar surface area (TPSA) is 60.5 Å². The molecule has 1 aromatic heterocycles. The number of benzene rings is 1. The fourth-order valence-corrected chi connectivity index (χ4v) is 2.17. The summed E-state index contributed by atoms with van der Waals surface area (Å²) in [5.41, 5.74) is 1.04. The molecule has 1 aliphatic heterocycles. The number of hydrogen-bond donors (Lipinski definition) is 1. The second kappa shape index (κ2) is 5.21. The maximum Gasteiger partial charge on any atom is 0.267 e. The smallest absolute Gasteiger partial charge is 0.267 e. The van der Waals surface area contributed by atoms with Crippen LogP contribution in [-0.2, 0) is 11.2 Å². The molecule has 2 heterocycles. The summed E-state index contributed by atoms with van der Waals surface area (Å²) in [5.74, 6) is 1.47. The van der Waals surface area contributed by atoms with E-state index in [-0.39, 0.29) is 5.91 Å². The summed E-state index contributed by atoms with van der Waals surface area (Å²) in [6.45, 7) is 0. The van der Waals surface area contributed by atoms with Gasteiger partial charge in [0.25, 0.3) is 5.91 Å². The number of para-hydroxylation sites is 1. The number of methoxy groups -OCH3 is 1. The van der Waals surface area contributed by atoms with Crippen LogP contribution in [0.15, 0.2) is 42.6 Å². The van der Waals surface area contributed by atoms with Gasteiger partial charge in [0.15, 0.2) is 17.7 Å². The Morgan fingerprint density at radius 2 is 2.20 bits per heavy atom. The summed E-state index contributed by atoms with van der Waals surface area (Å²) < 4.78 is 10.8. The lowest BCUT2D eigenvalue weighted by Gasteiger charge is -2.12. The molecule has 0 aliphatic carbocycles. The molecule has 0 fully saturated rings. The lowest BCUT2D eigenvalue weighted by Crippen LogP contribution is -2.31. The zero-order chi connectivity index (χ0) is 13.9. The van der Waals surface area contributed by atoms with Crippen LogP contribution in [-0.4, -0.2) is 24.1 Å². The Balaban J connectivity index is 1.72. The van der Waals surface area contributed by atoms with E-state index < -0.39 is 6.10 Å². The Bertz CT molecular complexity index is 618. The standard InChI is InChI=1S/C15H14N2O3/c1-19-12-7-4-8-16-14(12)17-15(18)13-9-10-5-2-3-6-11(10)20-13/h2-8,13H,9H2,1H3,(H,16,17,18)/t13-/m0/s1. The molecule has 1 aliphatic rings. The Morgan fingerprint density at radius 1 is 1.35 bits per heavy atom. The van der Waals surface area contributed by atoms with E-state index in [1.807, 2.05) is 24.3 Å². The molecule has 5 nitrogen and oxygen atoms in total. The lowest BCUT2D eigenvalue weighted by molar-refractivity contribution is -0.122. The summed E-state index contributed by atoms with van der Waals surface area (Å²) in [6, 6.07) is 11.1. The highest BCUT2D eigenvalue weighted by Gasteiger charge is 2.29. The fraction of sp³-hybridized carbons (Fsp3) is 0.200. The third-order valence-electron chi connectivity index (χ3n) is 3.17. The molecule has 1 aromatic carbocycles. The molecule has 20 heavy (non-hydrogen) atoms. The van der Waals surface area contributed by atoms with Crippen molar-refractivity contribution in [3.8, 4) is 11.5 Å². The molecule has 0 saturated carbocycles. The van der Waals surface area contributed by atoms with Crippen molar-refractivity contribution in [1.29, 1.82) is 0 Å². The van der Waals surface area contributed by atoms with E-state index in [9.17, 15) is 4.79 Å². The van der Waals surface area contributed by atoms with Crippen LogP contribution in [0.2, 0.25) is 0 Å². The van der Waals surface area contributed by atoms with Gasteiger partial charge in [0.2, 0.25) is 0 Å². The second-order valence-electron chi connectivity index (χ2n) is 4.46. The highest BCUT2D eigenvalue weighted by Crippen LogP contribution is 2.29. The third-order valence-corrected chi connectivity index (χ3v) is 3.17. The Morgan fingerprint density at radius 3 is 3.00 bits per heavy atom. The van der Waals surface area contributed by atoms with Crippen molar-refractivity contribution < 1.29 is 14.3 Å². The van der Waals surface area contributed by atoms with Crippen LogP contribution in [0, 0.1) is 0 Å². The highest BCUT2D eigenvalue weighted by molar-refractivity contribution is 5.95. The first-order valence-electron chi connectivity index (χ1n) is 6.32. The first-order chi connectivity index (χ1) is 9.78. The maximum absolute atomic E-state index is 12.2. The zero-order valence-corrected chi connectivity index (χ0v) is 11.0. The minimum atomic E-state index is -0.529. The van der Waals surface area contributed by atoms with Gasteiger partial charge in [-0.25, -0.2) is 4.98 Å². The number of pyridine rings is 1. The van der Waals surface area contributed by atoms with Crippen LogP contribution >= 0.6 is 0 Å². The molecular weight excluding hydrogens is 256 g/mol. The van der Waals surface area contributed by atoms with Crippen molar-refractivity contribution in [2.75, 3.05) is 12.4 Å². The second-order valence-corrected chi connectivity index (χ2v) is 4.46. The summed E-state index contributed by atoms with van der Waals surface area (Å²) in [4.78, 5) is 16.3. The molecule has 102 valence electrons. The number of nitrogens with zero attached hydrogens (tertiary/aromatic N) is 1. The predicted molar refractivity (Wildman–Crippen MR) is 74.0 cm³/mol.